The minimum absolute atomic E-state index is 0.127. The van der Waals surface area contributed by atoms with Gasteiger partial charge in [-0.15, -0.1) is 0 Å². The predicted molar refractivity (Wildman–Crippen MR) is 113 cm³/mol. The maximum atomic E-state index is 12.2. The normalized spacial score (nSPS) is 12.0. The first kappa shape index (κ1) is 21.3. The fourth-order valence-electron chi connectivity index (χ4n) is 2.39. The molecule has 0 radical (unpaired) electrons. The zero-order valence-corrected chi connectivity index (χ0v) is 17.2. The molecule has 2 aromatic carbocycles. The van der Waals surface area contributed by atoms with Gasteiger partial charge in [-0.1, -0.05) is 12.1 Å². The van der Waals surface area contributed by atoms with Gasteiger partial charge in [-0.2, -0.15) is 0 Å². The van der Waals surface area contributed by atoms with E-state index >= 15 is 0 Å². The Hall–Kier alpha value is -3.02. The van der Waals surface area contributed by atoms with Gasteiger partial charge in [-0.05, 0) is 76.6 Å². The minimum atomic E-state index is -0.532. The Morgan fingerprint density at radius 3 is 2.43 bits per heavy atom. The van der Waals surface area contributed by atoms with Gasteiger partial charge in [0.05, 0.1) is 18.2 Å². The first-order valence-corrected chi connectivity index (χ1v) is 9.28. The van der Waals surface area contributed by atoms with Gasteiger partial charge in [0, 0.05) is 5.69 Å². The maximum absolute atomic E-state index is 12.2. The third kappa shape index (κ3) is 7.31. The van der Waals surface area contributed by atoms with Crippen molar-refractivity contribution in [2.24, 2.45) is 10.7 Å². The fourth-order valence-corrected chi connectivity index (χ4v) is 2.39. The number of hydrogen-bond donors (Lipinski definition) is 2. The van der Waals surface area contributed by atoms with Crippen LogP contribution in [-0.4, -0.2) is 23.6 Å². The van der Waals surface area contributed by atoms with E-state index in [1.807, 2.05) is 65.0 Å². The Balaban J connectivity index is 1.97. The number of rotatable bonds is 6. The largest absolute Gasteiger partial charge is 0.491 e. The molecule has 6 nitrogen and oxygen atoms in total. The standard InChI is InChI=1S/C22H29N3O3/c1-15(2)27-19-11-9-18(10-12-19)25-21(23)24-14-16-7-6-8-17(13-16)20(26)28-22(3,4)5/h6-13,15H,14H2,1-5H3,(H3,23,24,25). The lowest BCUT2D eigenvalue weighted by Gasteiger charge is -2.19. The van der Waals surface area contributed by atoms with E-state index in [9.17, 15) is 4.79 Å². The number of benzene rings is 2. The summed E-state index contributed by atoms with van der Waals surface area (Å²) >= 11 is 0. The zero-order chi connectivity index (χ0) is 20.7. The van der Waals surface area contributed by atoms with Crippen LogP contribution in [0.3, 0.4) is 0 Å². The first-order chi connectivity index (χ1) is 13.1. The van der Waals surface area contributed by atoms with Crippen molar-refractivity contribution in [1.82, 2.24) is 0 Å². The van der Waals surface area contributed by atoms with Gasteiger partial charge in [0.15, 0.2) is 5.96 Å². The number of anilines is 1. The van der Waals surface area contributed by atoms with E-state index in [0.29, 0.717) is 18.1 Å². The van der Waals surface area contributed by atoms with E-state index in [4.69, 9.17) is 15.2 Å². The molecule has 0 atom stereocenters. The third-order valence-electron chi connectivity index (χ3n) is 3.49. The van der Waals surface area contributed by atoms with Crippen LogP contribution in [-0.2, 0) is 11.3 Å². The highest BCUT2D eigenvalue weighted by molar-refractivity contribution is 5.92. The highest BCUT2D eigenvalue weighted by Crippen LogP contribution is 2.17. The fraction of sp³-hybridized carbons (Fsp3) is 0.364. The lowest BCUT2D eigenvalue weighted by Crippen LogP contribution is -2.24. The SMILES string of the molecule is CC(C)Oc1ccc(NC(N)=NCc2cccc(C(=O)OC(C)(C)C)c2)cc1. The number of esters is 1. The molecule has 0 saturated carbocycles. The Bertz CT molecular complexity index is 822. The summed E-state index contributed by atoms with van der Waals surface area (Å²) in [6, 6.07) is 14.7. The monoisotopic (exact) mass is 383 g/mol. The molecule has 0 aliphatic heterocycles. The smallest absolute Gasteiger partial charge is 0.338 e. The van der Waals surface area contributed by atoms with Crippen LogP contribution in [0.4, 0.5) is 5.69 Å². The van der Waals surface area contributed by atoms with Crippen LogP contribution < -0.4 is 15.8 Å². The van der Waals surface area contributed by atoms with Crippen molar-refractivity contribution in [3.8, 4) is 5.75 Å². The van der Waals surface area contributed by atoms with Crippen LogP contribution in [0.5, 0.6) is 5.75 Å². The van der Waals surface area contributed by atoms with Gasteiger partial charge in [-0.3, -0.25) is 0 Å². The molecule has 2 aromatic rings. The number of ether oxygens (including phenoxy) is 2. The topological polar surface area (TPSA) is 85.9 Å². The molecule has 0 aromatic heterocycles. The van der Waals surface area contributed by atoms with Crippen LogP contribution in [0.2, 0.25) is 0 Å². The number of guanidine groups is 1. The summed E-state index contributed by atoms with van der Waals surface area (Å²) in [5, 5.41) is 3.04. The van der Waals surface area contributed by atoms with E-state index in [2.05, 4.69) is 10.3 Å². The summed E-state index contributed by atoms with van der Waals surface area (Å²) in [7, 11) is 0. The summed E-state index contributed by atoms with van der Waals surface area (Å²) < 4.78 is 11.0. The van der Waals surface area contributed by atoms with E-state index in [1.165, 1.54) is 0 Å². The molecule has 0 saturated heterocycles. The van der Waals surface area contributed by atoms with Gasteiger partial charge in [0.2, 0.25) is 0 Å². The number of nitrogens with one attached hydrogen (secondary N) is 1. The Labute approximate surface area is 166 Å². The average Bonchev–Trinajstić information content (AvgIpc) is 2.60. The van der Waals surface area contributed by atoms with Crippen LogP contribution in [0.25, 0.3) is 0 Å². The Kier molecular flexibility index (Phi) is 7.04. The predicted octanol–water partition coefficient (Wildman–Crippen LogP) is 4.36. The summed E-state index contributed by atoms with van der Waals surface area (Å²) in [5.74, 6) is 0.739. The molecule has 28 heavy (non-hydrogen) atoms. The van der Waals surface area contributed by atoms with Crippen molar-refractivity contribution in [1.29, 1.82) is 0 Å². The lowest BCUT2D eigenvalue weighted by molar-refractivity contribution is 0.00694. The first-order valence-electron chi connectivity index (χ1n) is 9.28. The van der Waals surface area contributed by atoms with Crippen molar-refractivity contribution in [2.75, 3.05) is 5.32 Å². The van der Waals surface area contributed by atoms with Crippen molar-refractivity contribution in [2.45, 2.75) is 52.9 Å². The second-order valence-corrected chi connectivity index (χ2v) is 7.72. The molecule has 0 heterocycles. The molecule has 0 unspecified atom stereocenters. The highest BCUT2D eigenvalue weighted by atomic mass is 16.6. The van der Waals surface area contributed by atoms with Crippen LogP contribution in [0.1, 0.15) is 50.5 Å². The van der Waals surface area contributed by atoms with Gasteiger partial charge in [-0.25, -0.2) is 9.79 Å². The van der Waals surface area contributed by atoms with Gasteiger partial charge < -0.3 is 20.5 Å². The molecule has 3 N–H and O–H groups in total. The molecular formula is C22H29N3O3. The molecule has 0 aliphatic rings. The average molecular weight is 383 g/mol. The zero-order valence-electron chi connectivity index (χ0n) is 17.2. The number of carbonyl (C=O) groups is 1. The molecule has 0 fully saturated rings. The quantitative estimate of drug-likeness (QED) is 0.440. The summed E-state index contributed by atoms with van der Waals surface area (Å²) in [5.41, 5.74) is 7.62. The van der Waals surface area contributed by atoms with Gasteiger partial charge in [0.1, 0.15) is 11.4 Å². The second-order valence-electron chi connectivity index (χ2n) is 7.72. The minimum Gasteiger partial charge on any atom is -0.491 e. The molecule has 2 rings (SSSR count). The molecule has 150 valence electrons. The van der Waals surface area contributed by atoms with Gasteiger partial charge >= 0.3 is 5.97 Å². The van der Waals surface area contributed by atoms with E-state index in [-0.39, 0.29) is 12.1 Å². The van der Waals surface area contributed by atoms with E-state index in [0.717, 1.165) is 17.0 Å². The molecule has 0 aliphatic carbocycles. The summed E-state index contributed by atoms with van der Waals surface area (Å²) in [6.07, 6.45) is 0.127. The maximum Gasteiger partial charge on any atom is 0.338 e. The highest BCUT2D eigenvalue weighted by Gasteiger charge is 2.17. The third-order valence-corrected chi connectivity index (χ3v) is 3.49. The number of carbonyl (C=O) groups excluding carboxylic acids is 1. The molecule has 0 spiro atoms. The molecule has 0 amide bonds. The van der Waals surface area contributed by atoms with Crippen molar-refractivity contribution < 1.29 is 14.3 Å². The van der Waals surface area contributed by atoms with Crippen LogP contribution >= 0.6 is 0 Å². The number of hydrogen-bond acceptors (Lipinski definition) is 4. The summed E-state index contributed by atoms with van der Waals surface area (Å²) in [4.78, 5) is 16.5. The van der Waals surface area contributed by atoms with Crippen LogP contribution in [0.15, 0.2) is 53.5 Å². The van der Waals surface area contributed by atoms with Gasteiger partial charge in [0.25, 0.3) is 0 Å². The van der Waals surface area contributed by atoms with Crippen molar-refractivity contribution in [3.63, 3.8) is 0 Å². The van der Waals surface area contributed by atoms with Crippen LogP contribution in [0, 0.1) is 0 Å². The molecule has 6 heteroatoms. The summed E-state index contributed by atoms with van der Waals surface area (Å²) in [6.45, 7) is 9.83. The van der Waals surface area contributed by atoms with E-state index < -0.39 is 5.60 Å². The second kappa shape index (κ2) is 9.26. The number of aliphatic imine (C=N–C) groups is 1. The van der Waals surface area contributed by atoms with Crippen molar-refractivity contribution >= 4 is 17.6 Å². The number of nitrogens with two attached hydrogens (primary N) is 1. The Morgan fingerprint density at radius 1 is 1.14 bits per heavy atom. The molecule has 0 bridgehead atoms. The lowest BCUT2D eigenvalue weighted by atomic mass is 10.1. The van der Waals surface area contributed by atoms with Crippen molar-refractivity contribution in [3.05, 3.63) is 59.7 Å². The molecular weight excluding hydrogens is 354 g/mol. The van der Waals surface area contributed by atoms with E-state index in [1.54, 1.807) is 18.2 Å². The number of nitrogens with zero attached hydrogens (tertiary/aromatic N) is 1. The Morgan fingerprint density at radius 2 is 1.82 bits per heavy atom.